The van der Waals surface area contributed by atoms with Gasteiger partial charge in [-0.3, -0.25) is 9.59 Å². The topological polar surface area (TPSA) is 77.1 Å². The van der Waals surface area contributed by atoms with Crippen LogP contribution in [0.2, 0.25) is 0 Å². The molecule has 0 saturated carbocycles. The fourth-order valence-electron chi connectivity index (χ4n) is 4.05. The van der Waals surface area contributed by atoms with E-state index in [0.29, 0.717) is 5.76 Å². The molecule has 1 aliphatic rings. The largest absolute Gasteiger partial charge is 0.442 e. The number of hydrogen-bond donors (Lipinski definition) is 1. The molecule has 6 heteroatoms. The summed E-state index contributed by atoms with van der Waals surface area (Å²) in [7, 11) is 1.61. The van der Waals surface area contributed by atoms with Gasteiger partial charge in [0, 0.05) is 7.05 Å². The summed E-state index contributed by atoms with van der Waals surface area (Å²) in [6.45, 7) is 6.15. The van der Waals surface area contributed by atoms with Crippen LogP contribution in [-0.2, 0) is 12.5 Å². The third-order valence-electron chi connectivity index (χ3n) is 5.60. The predicted molar refractivity (Wildman–Crippen MR) is 103 cm³/mol. The van der Waals surface area contributed by atoms with Gasteiger partial charge in [0.05, 0.1) is 11.6 Å². The lowest BCUT2D eigenvalue weighted by atomic mass is 9.71. The lowest BCUT2D eigenvalue weighted by Crippen LogP contribution is -2.36. The molecule has 2 heterocycles. The maximum atomic E-state index is 13.1. The molecule has 0 aliphatic heterocycles. The van der Waals surface area contributed by atoms with Crippen molar-refractivity contribution in [1.82, 2.24) is 14.9 Å². The number of rotatable bonds is 2. The third-order valence-corrected chi connectivity index (χ3v) is 5.60. The summed E-state index contributed by atoms with van der Waals surface area (Å²) in [5.41, 5.74) is 2.67. The molecule has 1 aliphatic carbocycles. The van der Waals surface area contributed by atoms with Gasteiger partial charge >= 0.3 is 0 Å². The Balaban J connectivity index is 1.74. The molecule has 2 aromatic heterocycles. The molecular formula is C21H23N3O3. The predicted octanol–water partition coefficient (Wildman–Crippen LogP) is 3.38. The van der Waals surface area contributed by atoms with Crippen LogP contribution in [0.1, 0.15) is 60.0 Å². The Kier molecular flexibility index (Phi) is 3.94. The molecule has 1 aromatic carbocycles. The highest BCUT2D eigenvalue weighted by Crippen LogP contribution is 2.41. The molecule has 0 saturated heterocycles. The highest BCUT2D eigenvalue weighted by Gasteiger charge is 2.34. The lowest BCUT2D eigenvalue weighted by molar-refractivity contribution is 0.0929. The zero-order valence-corrected chi connectivity index (χ0v) is 16.0. The van der Waals surface area contributed by atoms with E-state index in [-0.39, 0.29) is 39.6 Å². The van der Waals surface area contributed by atoms with Gasteiger partial charge < -0.3 is 14.3 Å². The molecular weight excluding hydrogens is 342 g/mol. The van der Waals surface area contributed by atoms with Crippen LogP contribution in [-0.4, -0.2) is 15.5 Å². The third kappa shape index (κ3) is 2.76. The molecule has 1 N–H and O–H groups in total. The van der Waals surface area contributed by atoms with Gasteiger partial charge in [0.2, 0.25) is 5.71 Å². The minimum Gasteiger partial charge on any atom is -0.442 e. The number of carbonyl (C=O) groups is 1. The molecule has 3 aromatic rings. The minimum atomic E-state index is -0.296. The van der Waals surface area contributed by atoms with Gasteiger partial charge in [-0.15, -0.1) is 0 Å². The summed E-state index contributed by atoms with van der Waals surface area (Å²) in [4.78, 5) is 29.7. The number of nitrogens with one attached hydrogen (secondary N) is 1. The summed E-state index contributed by atoms with van der Waals surface area (Å²) in [6.07, 6.45) is 3.22. The van der Waals surface area contributed by atoms with Crippen molar-refractivity contribution in [2.24, 2.45) is 7.05 Å². The number of nitrogens with zero attached hydrogens (tertiary/aromatic N) is 2. The van der Waals surface area contributed by atoms with E-state index in [4.69, 9.17) is 4.42 Å². The molecule has 1 amide bonds. The van der Waals surface area contributed by atoms with E-state index in [0.717, 1.165) is 18.4 Å². The van der Waals surface area contributed by atoms with Gasteiger partial charge in [0.1, 0.15) is 17.5 Å². The van der Waals surface area contributed by atoms with Crippen molar-refractivity contribution in [3.05, 3.63) is 63.4 Å². The quantitative estimate of drug-likeness (QED) is 0.755. The zero-order valence-electron chi connectivity index (χ0n) is 16.0. The maximum absolute atomic E-state index is 13.1. The molecule has 0 bridgehead atoms. The average Bonchev–Trinajstić information content (AvgIpc) is 2.98. The Labute approximate surface area is 157 Å². The van der Waals surface area contributed by atoms with Crippen LogP contribution < -0.4 is 10.9 Å². The Morgan fingerprint density at radius 2 is 2.07 bits per heavy atom. The number of aromatic nitrogens is 2. The van der Waals surface area contributed by atoms with Crippen molar-refractivity contribution in [2.45, 2.75) is 45.1 Å². The molecule has 27 heavy (non-hydrogen) atoms. The van der Waals surface area contributed by atoms with E-state index in [1.807, 2.05) is 12.1 Å². The van der Waals surface area contributed by atoms with Crippen molar-refractivity contribution in [2.75, 3.05) is 0 Å². The first-order chi connectivity index (χ1) is 12.8. The second kappa shape index (κ2) is 6.08. The summed E-state index contributed by atoms with van der Waals surface area (Å²) in [5, 5.41) is 3.36. The van der Waals surface area contributed by atoms with Crippen LogP contribution in [0.25, 0.3) is 11.1 Å². The summed E-state index contributed by atoms with van der Waals surface area (Å²) in [6, 6.07) is 8.14. The van der Waals surface area contributed by atoms with Crippen LogP contribution in [0.15, 0.2) is 39.8 Å². The van der Waals surface area contributed by atoms with E-state index in [1.165, 1.54) is 16.5 Å². The number of amides is 1. The maximum Gasteiger partial charge on any atom is 0.265 e. The summed E-state index contributed by atoms with van der Waals surface area (Å²) >= 11 is 0. The first-order valence-corrected chi connectivity index (χ1v) is 9.14. The second-order valence-electron chi connectivity index (χ2n) is 7.91. The highest BCUT2D eigenvalue weighted by molar-refractivity contribution is 6.06. The first kappa shape index (κ1) is 17.5. The molecule has 6 nitrogen and oxygen atoms in total. The van der Waals surface area contributed by atoms with Crippen molar-refractivity contribution in [3.63, 3.8) is 0 Å². The fraction of sp³-hybridized carbons (Fsp3) is 0.381. The molecule has 1 unspecified atom stereocenters. The highest BCUT2D eigenvalue weighted by atomic mass is 16.3. The van der Waals surface area contributed by atoms with Gasteiger partial charge in [-0.1, -0.05) is 38.1 Å². The van der Waals surface area contributed by atoms with Gasteiger partial charge in [-0.25, -0.2) is 4.98 Å². The molecule has 0 radical (unpaired) electrons. The number of fused-ring (bicyclic) bond motifs is 2. The molecule has 0 spiro atoms. The number of furan rings is 1. The van der Waals surface area contributed by atoms with E-state index < -0.39 is 0 Å². The Hall–Kier alpha value is -2.89. The fourth-order valence-corrected chi connectivity index (χ4v) is 4.05. The van der Waals surface area contributed by atoms with E-state index in [9.17, 15) is 9.59 Å². The molecule has 4 rings (SSSR count). The van der Waals surface area contributed by atoms with E-state index in [2.05, 4.69) is 36.3 Å². The molecule has 1 atom stereocenters. The van der Waals surface area contributed by atoms with Crippen LogP contribution in [0, 0.1) is 6.92 Å². The van der Waals surface area contributed by atoms with Crippen molar-refractivity contribution >= 4 is 17.0 Å². The van der Waals surface area contributed by atoms with Gasteiger partial charge in [0.25, 0.3) is 11.5 Å². The zero-order chi connectivity index (χ0) is 19.3. The van der Waals surface area contributed by atoms with Gasteiger partial charge in [-0.05, 0) is 36.3 Å². The van der Waals surface area contributed by atoms with E-state index >= 15 is 0 Å². The number of benzene rings is 1. The summed E-state index contributed by atoms with van der Waals surface area (Å²) in [5.74, 6) is 0.110. The first-order valence-electron chi connectivity index (χ1n) is 9.14. The Bertz CT molecular complexity index is 1110. The normalized spacial score (nSPS) is 18.3. The second-order valence-corrected chi connectivity index (χ2v) is 7.91. The monoisotopic (exact) mass is 365 g/mol. The number of hydrogen-bond acceptors (Lipinski definition) is 4. The molecule has 140 valence electrons. The van der Waals surface area contributed by atoms with Crippen molar-refractivity contribution < 1.29 is 9.21 Å². The van der Waals surface area contributed by atoms with Crippen molar-refractivity contribution in [3.8, 4) is 0 Å². The SMILES string of the molecule is Cc1oc2ncn(C)c(=O)c2c1C(=O)NC1CCC(C)(C)c2ccccc21. The minimum absolute atomic E-state index is 0.0793. The number of aryl methyl sites for hydroxylation is 2. The lowest BCUT2D eigenvalue weighted by Gasteiger charge is -2.37. The van der Waals surface area contributed by atoms with Gasteiger partial charge in [0.15, 0.2) is 0 Å². The van der Waals surface area contributed by atoms with E-state index in [1.54, 1.807) is 14.0 Å². The van der Waals surface area contributed by atoms with Crippen LogP contribution >= 0.6 is 0 Å². The van der Waals surface area contributed by atoms with Crippen LogP contribution in [0.5, 0.6) is 0 Å². The van der Waals surface area contributed by atoms with Crippen molar-refractivity contribution in [1.29, 1.82) is 0 Å². The standard InChI is InChI=1S/C21H23N3O3/c1-12-16(17-19(27-12)22-11-24(4)20(17)26)18(25)23-15-9-10-21(2,3)14-8-6-5-7-13(14)15/h5-8,11,15H,9-10H2,1-4H3,(H,23,25). The smallest absolute Gasteiger partial charge is 0.265 e. The summed E-state index contributed by atoms with van der Waals surface area (Å²) < 4.78 is 6.92. The number of carbonyl (C=O) groups excluding carboxylic acids is 1. The van der Waals surface area contributed by atoms with Gasteiger partial charge in [-0.2, -0.15) is 0 Å². The molecule has 0 fully saturated rings. The van der Waals surface area contributed by atoms with Crippen LogP contribution in [0.3, 0.4) is 0 Å². The Morgan fingerprint density at radius 1 is 1.33 bits per heavy atom. The average molecular weight is 365 g/mol. The van der Waals surface area contributed by atoms with Crippen LogP contribution in [0.4, 0.5) is 0 Å². The Morgan fingerprint density at radius 3 is 2.85 bits per heavy atom.